The zero-order valence-corrected chi connectivity index (χ0v) is 13.3. The number of benzene rings is 1. The zero-order valence-electron chi connectivity index (χ0n) is 13.3. The van der Waals surface area contributed by atoms with Crippen molar-refractivity contribution in [3.63, 3.8) is 0 Å². The molecule has 1 aromatic rings. The van der Waals surface area contributed by atoms with E-state index < -0.39 is 66.3 Å². The highest BCUT2D eigenvalue weighted by Crippen LogP contribution is 2.37. The Hall–Kier alpha value is -2.20. The molecule has 0 radical (unpaired) electrons. The van der Waals surface area contributed by atoms with E-state index in [9.17, 15) is 44.3 Å². The summed E-state index contributed by atoms with van der Waals surface area (Å²) in [5.41, 5.74) is -3.69. The quantitative estimate of drug-likeness (QED) is 0.697. The molecule has 0 saturated carbocycles. The van der Waals surface area contributed by atoms with Crippen molar-refractivity contribution in [2.45, 2.75) is 37.9 Å². The molecular weight excluding hydrogens is 393 g/mol. The Morgan fingerprint density at radius 1 is 0.852 bits per heavy atom. The summed E-state index contributed by atoms with van der Waals surface area (Å²) < 4.78 is 115. The summed E-state index contributed by atoms with van der Waals surface area (Å²) in [6.07, 6.45) is -15.2. The fraction of sp³-hybridized carbons (Fsp3) is 0.438. The highest BCUT2D eigenvalue weighted by Gasteiger charge is 2.42. The Bertz CT molecular complexity index is 711. The molecule has 2 rings (SSSR count). The van der Waals surface area contributed by atoms with Crippen LogP contribution in [0.1, 0.15) is 29.5 Å². The Kier molecular flexibility index (Phi) is 5.53. The van der Waals surface area contributed by atoms with Gasteiger partial charge < -0.3 is 5.32 Å². The van der Waals surface area contributed by atoms with Crippen molar-refractivity contribution in [3.8, 4) is 0 Å². The van der Waals surface area contributed by atoms with Crippen molar-refractivity contribution in [1.29, 1.82) is 0 Å². The number of ketones is 1. The van der Waals surface area contributed by atoms with E-state index in [2.05, 4.69) is 5.32 Å². The highest BCUT2D eigenvalue weighted by atomic mass is 19.4. The van der Waals surface area contributed by atoms with E-state index in [1.54, 1.807) is 0 Å². The number of carbonyl (C=O) groups excluding carboxylic acids is 1. The van der Waals surface area contributed by atoms with Crippen LogP contribution in [0.3, 0.4) is 0 Å². The van der Waals surface area contributed by atoms with E-state index in [1.165, 1.54) is 0 Å². The fourth-order valence-corrected chi connectivity index (χ4v) is 2.58. The number of hydrogen-bond donors (Lipinski definition) is 1. The Balaban J connectivity index is 2.23. The van der Waals surface area contributed by atoms with E-state index in [-0.39, 0.29) is 11.8 Å². The number of carbonyl (C=O) groups is 1. The lowest BCUT2D eigenvalue weighted by molar-refractivity contribution is -0.178. The van der Waals surface area contributed by atoms with Gasteiger partial charge in [0.15, 0.2) is 5.78 Å². The lowest BCUT2D eigenvalue weighted by atomic mass is 9.90. The van der Waals surface area contributed by atoms with Gasteiger partial charge in [0.25, 0.3) is 0 Å². The summed E-state index contributed by atoms with van der Waals surface area (Å²) >= 11 is 0. The first kappa shape index (κ1) is 21.1. The molecule has 0 saturated heterocycles. The maximum Gasteiger partial charge on any atom is 0.416 e. The molecular formula is C16H12F9NO. The van der Waals surface area contributed by atoms with Crippen LogP contribution in [0.2, 0.25) is 0 Å². The molecule has 0 aliphatic heterocycles. The Morgan fingerprint density at radius 2 is 1.37 bits per heavy atom. The molecule has 0 heterocycles. The van der Waals surface area contributed by atoms with Crippen LogP contribution in [0.25, 0.3) is 0 Å². The first-order valence-corrected chi connectivity index (χ1v) is 7.48. The molecule has 1 aliphatic carbocycles. The van der Waals surface area contributed by atoms with Crippen LogP contribution < -0.4 is 5.32 Å². The van der Waals surface area contributed by atoms with Crippen LogP contribution in [-0.4, -0.2) is 12.0 Å². The largest absolute Gasteiger partial charge is 0.416 e. The average Bonchev–Trinajstić information content (AvgIpc) is 2.49. The normalized spacial score (nSPS) is 19.1. The minimum atomic E-state index is -5.03. The second kappa shape index (κ2) is 7.08. The van der Waals surface area contributed by atoms with Crippen molar-refractivity contribution >= 4 is 5.78 Å². The van der Waals surface area contributed by atoms with E-state index in [0.29, 0.717) is 12.1 Å². The first-order chi connectivity index (χ1) is 12.2. The topological polar surface area (TPSA) is 29.1 Å². The molecule has 0 aromatic heterocycles. The Labute approximate surface area is 147 Å². The smallest absolute Gasteiger partial charge is 0.384 e. The van der Waals surface area contributed by atoms with Gasteiger partial charge in [-0.3, -0.25) is 4.79 Å². The molecule has 2 nitrogen and oxygen atoms in total. The van der Waals surface area contributed by atoms with Gasteiger partial charge in [0.2, 0.25) is 0 Å². The zero-order chi connectivity index (χ0) is 20.6. The van der Waals surface area contributed by atoms with Crippen molar-refractivity contribution in [1.82, 2.24) is 5.32 Å². The van der Waals surface area contributed by atoms with E-state index in [1.807, 2.05) is 0 Å². The number of nitrogens with one attached hydrogen (secondary N) is 1. The van der Waals surface area contributed by atoms with Crippen LogP contribution in [0.5, 0.6) is 0 Å². The SMILES string of the molecule is O=C1C=C(NCc2cc(C(F)(F)F)cc(C(F)(F)F)c2)CC(C(F)(F)F)C1. The van der Waals surface area contributed by atoms with Crippen molar-refractivity contribution in [2.75, 3.05) is 0 Å². The first-order valence-electron chi connectivity index (χ1n) is 7.48. The van der Waals surface area contributed by atoms with Gasteiger partial charge in [-0.15, -0.1) is 0 Å². The van der Waals surface area contributed by atoms with Gasteiger partial charge in [-0.25, -0.2) is 0 Å². The van der Waals surface area contributed by atoms with Crippen molar-refractivity contribution in [2.24, 2.45) is 5.92 Å². The van der Waals surface area contributed by atoms with Gasteiger partial charge in [-0.2, -0.15) is 39.5 Å². The molecule has 11 heteroatoms. The summed E-state index contributed by atoms with van der Waals surface area (Å²) in [6, 6.07) is 0.885. The van der Waals surface area contributed by atoms with E-state index in [0.717, 1.165) is 6.08 Å². The van der Waals surface area contributed by atoms with E-state index >= 15 is 0 Å². The summed E-state index contributed by atoms with van der Waals surface area (Å²) in [5, 5.41) is 2.33. The fourth-order valence-electron chi connectivity index (χ4n) is 2.58. The third-order valence-electron chi connectivity index (χ3n) is 3.88. The van der Waals surface area contributed by atoms with Gasteiger partial charge in [-0.1, -0.05) is 0 Å². The maximum absolute atomic E-state index is 12.8. The molecule has 1 aromatic carbocycles. The number of halogens is 9. The minimum absolute atomic E-state index is 0.0490. The predicted octanol–water partition coefficient (Wildman–Crippen LogP) is 5.24. The molecule has 1 unspecified atom stereocenters. The van der Waals surface area contributed by atoms with Crippen LogP contribution >= 0.6 is 0 Å². The standard InChI is InChI=1S/C16H12F9NO/c17-14(18,19)9-1-8(2-10(3-9)15(20,21)22)7-26-12-4-11(16(23,24)25)5-13(27)6-12/h1-3,6,11,26H,4-5,7H2. The lowest BCUT2D eigenvalue weighted by Crippen LogP contribution is -2.31. The minimum Gasteiger partial charge on any atom is -0.384 e. The number of allylic oxidation sites excluding steroid dienone is 2. The molecule has 0 spiro atoms. The van der Waals surface area contributed by atoms with Gasteiger partial charge in [0.1, 0.15) is 0 Å². The Morgan fingerprint density at radius 3 is 1.81 bits per heavy atom. The lowest BCUT2D eigenvalue weighted by Gasteiger charge is -2.25. The summed E-state index contributed by atoms with van der Waals surface area (Å²) in [4.78, 5) is 11.4. The summed E-state index contributed by atoms with van der Waals surface area (Å²) in [6.45, 7) is -0.601. The van der Waals surface area contributed by atoms with Gasteiger partial charge in [0, 0.05) is 24.7 Å². The molecule has 1 N–H and O–H groups in total. The second-order valence-electron chi connectivity index (χ2n) is 6.05. The number of rotatable bonds is 3. The second-order valence-corrected chi connectivity index (χ2v) is 6.05. The van der Waals surface area contributed by atoms with Gasteiger partial charge >= 0.3 is 18.5 Å². The summed E-state index contributed by atoms with van der Waals surface area (Å²) in [5.74, 6) is -2.78. The van der Waals surface area contributed by atoms with Crippen LogP contribution in [0.4, 0.5) is 39.5 Å². The summed E-state index contributed by atoms with van der Waals surface area (Å²) in [7, 11) is 0. The van der Waals surface area contributed by atoms with Gasteiger partial charge in [-0.05, 0) is 30.2 Å². The molecule has 0 bridgehead atoms. The number of hydrogen-bond acceptors (Lipinski definition) is 2. The van der Waals surface area contributed by atoms with Gasteiger partial charge in [0.05, 0.1) is 17.0 Å². The highest BCUT2D eigenvalue weighted by molar-refractivity contribution is 5.91. The molecule has 1 atom stereocenters. The maximum atomic E-state index is 12.8. The van der Waals surface area contributed by atoms with Crippen LogP contribution in [0.15, 0.2) is 30.0 Å². The third-order valence-corrected chi connectivity index (χ3v) is 3.88. The van der Waals surface area contributed by atoms with Crippen molar-refractivity contribution in [3.05, 3.63) is 46.7 Å². The van der Waals surface area contributed by atoms with E-state index in [4.69, 9.17) is 0 Å². The van der Waals surface area contributed by atoms with Crippen LogP contribution in [-0.2, 0) is 23.7 Å². The number of alkyl halides is 9. The molecule has 1 aliphatic rings. The predicted molar refractivity (Wildman–Crippen MR) is 75.2 cm³/mol. The monoisotopic (exact) mass is 405 g/mol. The third kappa shape index (κ3) is 5.64. The molecule has 0 fully saturated rings. The van der Waals surface area contributed by atoms with Crippen LogP contribution in [0, 0.1) is 5.92 Å². The van der Waals surface area contributed by atoms with Crippen molar-refractivity contribution < 1.29 is 44.3 Å². The molecule has 27 heavy (non-hydrogen) atoms. The molecule has 0 amide bonds. The average molecular weight is 405 g/mol. The molecule has 150 valence electrons.